The second kappa shape index (κ2) is 4.70. The van der Waals surface area contributed by atoms with E-state index in [1.54, 1.807) is 6.33 Å². The summed E-state index contributed by atoms with van der Waals surface area (Å²) < 4.78 is 0. The summed E-state index contributed by atoms with van der Waals surface area (Å²) in [5.41, 5.74) is 1.21. The van der Waals surface area contributed by atoms with Crippen molar-refractivity contribution in [2.45, 2.75) is 6.42 Å². The monoisotopic (exact) mass is 214 g/mol. The second-order valence-electron chi connectivity index (χ2n) is 3.76. The molecule has 16 heavy (non-hydrogen) atoms. The lowest BCUT2D eigenvalue weighted by atomic mass is 10.1. The molecule has 1 heterocycles. The molecule has 2 rings (SSSR count). The number of aromatic nitrogens is 3. The molecular weight excluding hydrogens is 200 g/mol. The Bertz CT molecular complexity index is 454. The summed E-state index contributed by atoms with van der Waals surface area (Å²) in [5.74, 6) is 1.49. The number of nitrogens with zero attached hydrogens (tertiary/aromatic N) is 4. The maximum atomic E-state index is 4.37. The van der Waals surface area contributed by atoms with Gasteiger partial charge in [0.1, 0.15) is 12.2 Å². The van der Waals surface area contributed by atoms with Gasteiger partial charge in [-0.1, -0.05) is 30.3 Å². The molecule has 0 unspecified atom stereocenters. The number of benzene rings is 1. The van der Waals surface area contributed by atoms with Gasteiger partial charge in [0.05, 0.1) is 0 Å². The molecule has 0 saturated heterocycles. The third-order valence-corrected chi connectivity index (χ3v) is 2.21. The normalized spacial score (nSPS) is 10.1. The summed E-state index contributed by atoms with van der Waals surface area (Å²) in [6.45, 7) is 0. The average molecular weight is 214 g/mol. The molecule has 0 fully saturated rings. The molecular formula is C12H14N4. The molecule has 2 aromatic rings. The van der Waals surface area contributed by atoms with Gasteiger partial charge in [-0.2, -0.15) is 4.98 Å². The molecule has 0 radical (unpaired) electrons. The van der Waals surface area contributed by atoms with Gasteiger partial charge in [0, 0.05) is 20.5 Å². The van der Waals surface area contributed by atoms with Crippen LogP contribution in [0, 0.1) is 0 Å². The van der Waals surface area contributed by atoms with Crippen molar-refractivity contribution in [3.8, 4) is 0 Å². The molecule has 0 saturated carbocycles. The van der Waals surface area contributed by atoms with Crippen LogP contribution in [0.15, 0.2) is 36.7 Å². The third kappa shape index (κ3) is 2.53. The van der Waals surface area contributed by atoms with Crippen LogP contribution in [0.2, 0.25) is 0 Å². The molecule has 0 aliphatic carbocycles. The molecule has 0 aliphatic heterocycles. The predicted molar refractivity (Wildman–Crippen MR) is 63.4 cm³/mol. The summed E-state index contributed by atoms with van der Waals surface area (Å²) in [6.07, 6.45) is 2.30. The van der Waals surface area contributed by atoms with Crippen LogP contribution in [-0.2, 0) is 6.42 Å². The number of hydrogen-bond donors (Lipinski definition) is 0. The lowest BCUT2D eigenvalue weighted by molar-refractivity contribution is 0.882. The van der Waals surface area contributed by atoms with Crippen molar-refractivity contribution in [3.63, 3.8) is 0 Å². The zero-order chi connectivity index (χ0) is 11.4. The van der Waals surface area contributed by atoms with Crippen LogP contribution in [-0.4, -0.2) is 29.0 Å². The summed E-state index contributed by atoms with van der Waals surface area (Å²) in [5, 5.41) is 0. The van der Waals surface area contributed by atoms with Crippen molar-refractivity contribution < 1.29 is 0 Å². The maximum Gasteiger partial charge on any atom is 0.228 e. The first-order valence-corrected chi connectivity index (χ1v) is 5.15. The van der Waals surface area contributed by atoms with Crippen LogP contribution in [0.3, 0.4) is 0 Å². The van der Waals surface area contributed by atoms with E-state index >= 15 is 0 Å². The molecule has 0 atom stereocenters. The minimum absolute atomic E-state index is 0.695. The highest BCUT2D eigenvalue weighted by atomic mass is 15.2. The molecule has 4 heteroatoms. The molecule has 0 aliphatic rings. The quantitative estimate of drug-likeness (QED) is 0.777. The van der Waals surface area contributed by atoms with E-state index in [4.69, 9.17) is 0 Å². The molecule has 1 aromatic carbocycles. The van der Waals surface area contributed by atoms with Crippen molar-refractivity contribution in [2.75, 3.05) is 19.0 Å². The zero-order valence-electron chi connectivity index (χ0n) is 9.46. The van der Waals surface area contributed by atoms with E-state index in [2.05, 4.69) is 27.1 Å². The molecule has 82 valence electrons. The van der Waals surface area contributed by atoms with Gasteiger partial charge in [-0.05, 0) is 5.56 Å². The van der Waals surface area contributed by atoms with Gasteiger partial charge < -0.3 is 4.90 Å². The van der Waals surface area contributed by atoms with Gasteiger partial charge in [-0.25, -0.2) is 9.97 Å². The van der Waals surface area contributed by atoms with Gasteiger partial charge in [-0.3, -0.25) is 0 Å². The Morgan fingerprint density at radius 2 is 1.81 bits per heavy atom. The zero-order valence-corrected chi connectivity index (χ0v) is 9.46. The van der Waals surface area contributed by atoms with Crippen molar-refractivity contribution >= 4 is 5.95 Å². The number of anilines is 1. The minimum atomic E-state index is 0.695. The van der Waals surface area contributed by atoms with Gasteiger partial charge in [0.15, 0.2) is 0 Å². The summed E-state index contributed by atoms with van der Waals surface area (Å²) >= 11 is 0. The fourth-order valence-corrected chi connectivity index (χ4v) is 1.40. The van der Waals surface area contributed by atoms with E-state index in [0.717, 1.165) is 12.2 Å². The minimum Gasteiger partial charge on any atom is -0.347 e. The first-order chi connectivity index (χ1) is 7.75. The first-order valence-electron chi connectivity index (χ1n) is 5.15. The Labute approximate surface area is 95.0 Å². The SMILES string of the molecule is CN(C)c1ncnc(Cc2ccccc2)n1. The molecule has 0 amide bonds. The van der Waals surface area contributed by atoms with E-state index in [9.17, 15) is 0 Å². The predicted octanol–water partition coefficient (Wildman–Crippen LogP) is 1.53. The molecule has 0 bridgehead atoms. The topological polar surface area (TPSA) is 41.9 Å². The van der Waals surface area contributed by atoms with Crippen LogP contribution >= 0.6 is 0 Å². The van der Waals surface area contributed by atoms with Gasteiger partial charge >= 0.3 is 0 Å². The van der Waals surface area contributed by atoms with E-state index < -0.39 is 0 Å². The fraction of sp³-hybridized carbons (Fsp3) is 0.250. The highest BCUT2D eigenvalue weighted by Crippen LogP contribution is 2.07. The number of hydrogen-bond acceptors (Lipinski definition) is 4. The lowest BCUT2D eigenvalue weighted by Crippen LogP contribution is -2.14. The summed E-state index contributed by atoms with van der Waals surface area (Å²) in [6, 6.07) is 10.2. The first kappa shape index (κ1) is 10.5. The van der Waals surface area contributed by atoms with E-state index in [1.807, 2.05) is 37.2 Å². The second-order valence-corrected chi connectivity index (χ2v) is 3.76. The van der Waals surface area contributed by atoms with Crippen molar-refractivity contribution in [2.24, 2.45) is 0 Å². The molecule has 1 aromatic heterocycles. The lowest BCUT2D eigenvalue weighted by Gasteiger charge is -2.09. The van der Waals surface area contributed by atoms with Gasteiger partial charge in [0.25, 0.3) is 0 Å². The van der Waals surface area contributed by atoms with Crippen LogP contribution in [0.25, 0.3) is 0 Å². The third-order valence-electron chi connectivity index (χ3n) is 2.21. The van der Waals surface area contributed by atoms with E-state index in [0.29, 0.717) is 5.95 Å². The Kier molecular flexibility index (Phi) is 3.10. The smallest absolute Gasteiger partial charge is 0.228 e. The molecule has 0 N–H and O–H groups in total. The standard InChI is InChI=1S/C12H14N4/c1-16(2)12-14-9-13-11(15-12)8-10-6-4-3-5-7-10/h3-7,9H,8H2,1-2H3. The Morgan fingerprint density at radius 3 is 2.50 bits per heavy atom. The maximum absolute atomic E-state index is 4.37. The summed E-state index contributed by atoms with van der Waals surface area (Å²) in [4.78, 5) is 14.5. The van der Waals surface area contributed by atoms with E-state index in [-0.39, 0.29) is 0 Å². The van der Waals surface area contributed by atoms with Crippen LogP contribution < -0.4 is 4.90 Å². The van der Waals surface area contributed by atoms with Crippen molar-refractivity contribution in [3.05, 3.63) is 48.0 Å². The Balaban J connectivity index is 2.19. The van der Waals surface area contributed by atoms with Crippen molar-refractivity contribution in [1.82, 2.24) is 15.0 Å². The highest BCUT2D eigenvalue weighted by Gasteiger charge is 2.03. The molecule has 4 nitrogen and oxygen atoms in total. The summed E-state index contributed by atoms with van der Waals surface area (Å²) in [7, 11) is 3.84. The Morgan fingerprint density at radius 1 is 1.06 bits per heavy atom. The van der Waals surface area contributed by atoms with Gasteiger partial charge in [-0.15, -0.1) is 0 Å². The van der Waals surface area contributed by atoms with Gasteiger partial charge in [0.2, 0.25) is 5.95 Å². The highest BCUT2D eigenvalue weighted by molar-refractivity contribution is 5.26. The van der Waals surface area contributed by atoms with Crippen LogP contribution in [0.5, 0.6) is 0 Å². The Hall–Kier alpha value is -1.97. The largest absolute Gasteiger partial charge is 0.347 e. The van der Waals surface area contributed by atoms with Crippen LogP contribution in [0.4, 0.5) is 5.95 Å². The molecule has 0 spiro atoms. The average Bonchev–Trinajstić information content (AvgIpc) is 2.30. The van der Waals surface area contributed by atoms with Crippen LogP contribution in [0.1, 0.15) is 11.4 Å². The van der Waals surface area contributed by atoms with Crippen molar-refractivity contribution in [1.29, 1.82) is 0 Å². The fourth-order valence-electron chi connectivity index (χ4n) is 1.40. The number of rotatable bonds is 3. The van der Waals surface area contributed by atoms with E-state index in [1.165, 1.54) is 5.56 Å².